The second-order valence-electron chi connectivity index (χ2n) is 9.18. The molecule has 0 bridgehead atoms. The molecule has 1 atom stereocenters. The van der Waals surface area contributed by atoms with Gasteiger partial charge in [0.05, 0.1) is 26.9 Å². The normalized spacial score (nSPS) is 14.2. The summed E-state index contributed by atoms with van der Waals surface area (Å²) in [5, 5.41) is 18.3. The van der Waals surface area contributed by atoms with Crippen LogP contribution in [-0.2, 0) is 24.4 Å². The van der Waals surface area contributed by atoms with E-state index in [2.05, 4.69) is 36.2 Å². The number of carbonyl (C=O) groups is 1. The van der Waals surface area contributed by atoms with Crippen molar-refractivity contribution >= 4 is 5.91 Å². The van der Waals surface area contributed by atoms with Crippen LogP contribution in [0.15, 0.2) is 60.8 Å². The van der Waals surface area contributed by atoms with Crippen LogP contribution in [0.3, 0.4) is 0 Å². The number of likely N-dealkylation sites (tertiary alicyclic amines) is 1. The lowest BCUT2D eigenvalue weighted by Crippen LogP contribution is -2.48. The van der Waals surface area contributed by atoms with Crippen molar-refractivity contribution in [3.05, 3.63) is 88.7 Å². The minimum Gasteiger partial charge on any atom is -0.493 e. The van der Waals surface area contributed by atoms with Gasteiger partial charge in [-0.15, -0.1) is 0 Å². The average Bonchev–Trinajstić information content (AvgIpc) is 2.91. The number of pyridine rings is 1. The Morgan fingerprint density at radius 1 is 1.03 bits per heavy atom. The second-order valence-corrected chi connectivity index (χ2v) is 9.18. The van der Waals surface area contributed by atoms with Crippen LogP contribution in [-0.4, -0.2) is 65.5 Å². The van der Waals surface area contributed by atoms with Crippen LogP contribution < -0.4 is 9.47 Å². The van der Waals surface area contributed by atoms with Crippen molar-refractivity contribution in [2.75, 3.05) is 33.4 Å². The Kier molecular flexibility index (Phi) is 9.11. The molecule has 1 saturated heterocycles. The van der Waals surface area contributed by atoms with Crippen molar-refractivity contribution in [1.29, 1.82) is 0 Å². The lowest BCUT2D eigenvalue weighted by atomic mass is 9.91. The van der Waals surface area contributed by atoms with Gasteiger partial charge in [0.15, 0.2) is 11.5 Å². The van der Waals surface area contributed by atoms with Crippen molar-refractivity contribution in [1.82, 2.24) is 9.88 Å². The third kappa shape index (κ3) is 6.85. The van der Waals surface area contributed by atoms with E-state index in [-0.39, 0.29) is 31.6 Å². The summed E-state index contributed by atoms with van der Waals surface area (Å²) < 4.78 is 17.0. The Labute approximate surface area is 217 Å². The van der Waals surface area contributed by atoms with Gasteiger partial charge in [-0.1, -0.05) is 37.3 Å². The number of amides is 1. The van der Waals surface area contributed by atoms with Crippen molar-refractivity contribution in [3.63, 3.8) is 0 Å². The fraction of sp³-hybridized carbons (Fsp3) is 0.379. The zero-order valence-corrected chi connectivity index (χ0v) is 21.3. The number of rotatable bonds is 12. The molecule has 1 unspecified atom stereocenters. The molecule has 4 rings (SSSR count). The summed E-state index contributed by atoms with van der Waals surface area (Å²) in [5.41, 5.74) is 4.63. The Balaban J connectivity index is 1.31. The number of carbonyl (C=O) groups excluding carboxylic acids is 1. The number of aryl methyl sites for hydroxylation is 1. The summed E-state index contributed by atoms with van der Waals surface area (Å²) in [5.74, 6) is 1.44. The summed E-state index contributed by atoms with van der Waals surface area (Å²) in [6.45, 7) is 3.68. The van der Waals surface area contributed by atoms with Crippen LogP contribution in [0, 0.1) is 0 Å². The molecule has 37 heavy (non-hydrogen) atoms. The molecule has 0 spiro atoms. The fourth-order valence-corrected chi connectivity index (χ4v) is 4.15. The number of hydrogen-bond donors (Lipinski definition) is 2. The van der Waals surface area contributed by atoms with Gasteiger partial charge in [0.25, 0.3) is 5.91 Å². The highest BCUT2D eigenvalue weighted by Crippen LogP contribution is 2.35. The monoisotopic (exact) mass is 506 g/mol. The second kappa shape index (κ2) is 12.7. The van der Waals surface area contributed by atoms with Gasteiger partial charge in [-0.05, 0) is 52.9 Å². The van der Waals surface area contributed by atoms with Crippen molar-refractivity contribution in [3.8, 4) is 11.5 Å². The highest BCUT2D eigenvalue weighted by Gasteiger charge is 2.33. The molecular weight excluding hydrogens is 472 g/mol. The lowest BCUT2D eigenvalue weighted by Gasteiger charge is -2.39. The van der Waals surface area contributed by atoms with Gasteiger partial charge in [0.2, 0.25) is 0 Å². The van der Waals surface area contributed by atoms with Gasteiger partial charge in [0.1, 0.15) is 18.4 Å². The SMILES string of the molecule is CCc1ccc(COc2ccc(C3CN(C(=O)c4cc(COCC(O)CO)ccn4)C3)cc2OC)cc1. The Hall–Kier alpha value is -3.46. The van der Waals surface area contributed by atoms with Crippen molar-refractivity contribution in [2.24, 2.45) is 0 Å². The molecule has 8 heteroatoms. The summed E-state index contributed by atoms with van der Waals surface area (Å²) in [7, 11) is 1.63. The first-order chi connectivity index (χ1) is 18.0. The first-order valence-corrected chi connectivity index (χ1v) is 12.5. The molecule has 1 aromatic heterocycles. The summed E-state index contributed by atoms with van der Waals surface area (Å²) in [4.78, 5) is 18.9. The minimum atomic E-state index is -0.918. The van der Waals surface area contributed by atoms with E-state index in [1.165, 1.54) is 5.56 Å². The van der Waals surface area contributed by atoms with E-state index in [4.69, 9.17) is 19.3 Å². The number of aromatic nitrogens is 1. The van der Waals surface area contributed by atoms with Crippen LogP contribution in [0.5, 0.6) is 11.5 Å². The number of nitrogens with zero attached hydrogens (tertiary/aromatic N) is 2. The molecule has 1 amide bonds. The van der Waals surface area contributed by atoms with E-state index in [1.54, 1.807) is 30.3 Å². The smallest absolute Gasteiger partial charge is 0.272 e. The Morgan fingerprint density at radius 3 is 2.49 bits per heavy atom. The van der Waals surface area contributed by atoms with Crippen molar-refractivity contribution in [2.45, 2.75) is 38.6 Å². The van der Waals surface area contributed by atoms with Gasteiger partial charge in [-0.25, -0.2) is 0 Å². The number of methoxy groups -OCH3 is 1. The first-order valence-electron chi connectivity index (χ1n) is 12.5. The number of aliphatic hydroxyl groups excluding tert-OH is 2. The van der Waals surface area contributed by atoms with Crippen LogP contribution in [0.4, 0.5) is 0 Å². The number of hydrogen-bond acceptors (Lipinski definition) is 7. The minimum absolute atomic E-state index is 0.0231. The topological polar surface area (TPSA) is 101 Å². The maximum Gasteiger partial charge on any atom is 0.272 e. The van der Waals surface area contributed by atoms with Gasteiger partial charge in [0, 0.05) is 25.2 Å². The Bertz CT molecular complexity index is 1180. The van der Waals surface area contributed by atoms with Gasteiger partial charge in [-0.3, -0.25) is 9.78 Å². The van der Waals surface area contributed by atoms with Crippen LogP contribution >= 0.6 is 0 Å². The first kappa shape index (κ1) is 26.6. The van der Waals surface area contributed by atoms with Gasteiger partial charge < -0.3 is 29.3 Å². The fourth-order valence-electron chi connectivity index (χ4n) is 4.15. The van der Waals surface area contributed by atoms with E-state index in [0.717, 1.165) is 23.1 Å². The highest BCUT2D eigenvalue weighted by molar-refractivity contribution is 5.93. The highest BCUT2D eigenvalue weighted by atomic mass is 16.5. The van der Waals surface area contributed by atoms with Gasteiger partial charge >= 0.3 is 0 Å². The van der Waals surface area contributed by atoms with E-state index >= 15 is 0 Å². The molecule has 196 valence electrons. The molecule has 2 N–H and O–H groups in total. The predicted octanol–water partition coefficient (Wildman–Crippen LogP) is 3.34. The molecule has 0 saturated carbocycles. The molecule has 0 radical (unpaired) electrons. The number of aliphatic hydroxyl groups is 2. The Morgan fingerprint density at radius 2 is 1.78 bits per heavy atom. The van der Waals surface area contributed by atoms with Crippen LogP contribution in [0.25, 0.3) is 0 Å². The third-order valence-corrected chi connectivity index (χ3v) is 6.49. The molecule has 8 nitrogen and oxygen atoms in total. The molecule has 1 fully saturated rings. The van der Waals surface area contributed by atoms with E-state index in [1.807, 2.05) is 18.2 Å². The maximum atomic E-state index is 12.9. The standard InChI is InChI=1S/C29H34N2O6/c1-3-20-4-6-21(7-5-20)18-37-27-9-8-23(13-28(27)35-2)24-14-31(15-24)29(34)26-12-22(10-11-30-26)17-36-19-25(33)16-32/h4-13,24-25,32-33H,3,14-19H2,1-2H3. The quantitative estimate of drug-likeness (QED) is 0.389. The third-order valence-electron chi connectivity index (χ3n) is 6.49. The molecular formula is C29H34N2O6. The van der Waals surface area contributed by atoms with Crippen LogP contribution in [0.1, 0.15) is 45.6 Å². The molecule has 0 aliphatic carbocycles. The summed E-state index contributed by atoms with van der Waals surface area (Å²) in [6, 6.07) is 17.8. The summed E-state index contributed by atoms with van der Waals surface area (Å²) in [6.07, 6.45) is 1.67. The number of benzene rings is 2. The van der Waals surface area contributed by atoms with E-state index in [0.29, 0.717) is 36.9 Å². The molecule has 2 heterocycles. The molecule has 2 aromatic carbocycles. The average molecular weight is 507 g/mol. The lowest BCUT2D eigenvalue weighted by molar-refractivity contribution is -0.0000165. The van der Waals surface area contributed by atoms with E-state index < -0.39 is 6.10 Å². The molecule has 1 aliphatic heterocycles. The van der Waals surface area contributed by atoms with Crippen LogP contribution in [0.2, 0.25) is 0 Å². The molecule has 1 aliphatic rings. The predicted molar refractivity (Wildman–Crippen MR) is 139 cm³/mol. The van der Waals surface area contributed by atoms with Crippen molar-refractivity contribution < 1.29 is 29.2 Å². The van der Waals surface area contributed by atoms with Gasteiger partial charge in [-0.2, -0.15) is 0 Å². The zero-order valence-electron chi connectivity index (χ0n) is 21.3. The summed E-state index contributed by atoms with van der Waals surface area (Å²) >= 11 is 0. The number of ether oxygens (including phenoxy) is 3. The largest absolute Gasteiger partial charge is 0.493 e. The maximum absolute atomic E-state index is 12.9. The molecule has 3 aromatic rings. The zero-order chi connectivity index (χ0) is 26.2. The van der Waals surface area contributed by atoms with E-state index in [9.17, 15) is 9.90 Å².